The van der Waals surface area contributed by atoms with Crippen LogP contribution < -0.4 is 9.47 Å². The standard InChI is InChI=1S/C20H21NO5/c1-10(22)21-5-4-11-7-16(24)20(26-3)19-13-9-17(25-2)15(23)8-12(13)6-14(21)18(11)19/h7-9,14,23-24H,4-6H2,1-3H3. The van der Waals surface area contributed by atoms with Crippen LogP contribution in [0.2, 0.25) is 0 Å². The van der Waals surface area contributed by atoms with Crippen molar-refractivity contribution in [3.63, 3.8) is 0 Å². The second-order valence-corrected chi connectivity index (χ2v) is 6.74. The summed E-state index contributed by atoms with van der Waals surface area (Å²) in [5.74, 6) is 0.892. The minimum atomic E-state index is -0.138. The fourth-order valence-corrected chi connectivity index (χ4v) is 4.31. The molecule has 1 aliphatic heterocycles. The van der Waals surface area contributed by atoms with Crippen molar-refractivity contribution in [2.75, 3.05) is 20.8 Å². The van der Waals surface area contributed by atoms with Gasteiger partial charge < -0.3 is 24.6 Å². The zero-order valence-electron chi connectivity index (χ0n) is 15.0. The molecule has 6 nitrogen and oxygen atoms in total. The molecule has 1 heterocycles. The minimum absolute atomic E-state index is 0.0137. The predicted octanol–water partition coefficient (Wildman–Crippen LogP) is 2.78. The third-order valence-electron chi connectivity index (χ3n) is 5.41. The molecule has 1 unspecified atom stereocenters. The van der Waals surface area contributed by atoms with E-state index in [2.05, 4.69) is 0 Å². The van der Waals surface area contributed by atoms with Gasteiger partial charge in [0.15, 0.2) is 23.0 Å². The van der Waals surface area contributed by atoms with E-state index >= 15 is 0 Å². The fourth-order valence-electron chi connectivity index (χ4n) is 4.31. The Morgan fingerprint density at radius 3 is 2.50 bits per heavy atom. The number of hydrogen-bond donors (Lipinski definition) is 2. The summed E-state index contributed by atoms with van der Waals surface area (Å²) >= 11 is 0. The first-order valence-corrected chi connectivity index (χ1v) is 8.56. The quantitative estimate of drug-likeness (QED) is 0.866. The van der Waals surface area contributed by atoms with E-state index in [9.17, 15) is 15.0 Å². The number of benzene rings is 2. The Hall–Kier alpha value is -2.89. The van der Waals surface area contributed by atoms with E-state index < -0.39 is 0 Å². The highest BCUT2D eigenvalue weighted by Crippen LogP contribution is 2.53. The molecule has 0 bridgehead atoms. The van der Waals surface area contributed by atoms with E-state index in [-0.39, 0.29) is 23.4 Å². The van der Waals surface area contributed by atoms with Gasteiger partial charge in [0.2, 0.25) is 5.91 Å². The monoisotopic (exact) mass is 355 g/mol. The third kappa shape index (κ3) is 2.21. The highest BCUT2D eigenvalue weighted by atomic mass is 16.5. The van der Waals surface area contributed by atoms with Crippen molar-refractivity contribution in [3.8, 4) is 34.1 Å². The van der Waals surface area contributed by atoms with Gasteiger partial charge in [0.05, 0.1) is 20.3 Å². The minimum Gasteiger partial charge on any atom is -0.504 e. The SMILES string of the molecule is COc1cc2c(cc1O)CC1c3c(cc(O)c(OC)c3-2)CCN1C(C)=O. The second-order valence-electron chi connectivity index (χ2n) is 6.74. The van der Waals surface area contributed by atoms with Crippen molar-refractivity contribution in [1.29, 1.82) is 0 Å². The number of carbonyl (C=O) groups is 1. The van der Waals surface area contributed by atoms with Gasteiger partial charge in [0, 0.05) is 19.0 Å². The molecule has 2 aliphatic rings. The van der Waals surface area contributed by atoms with E-state index in [0.29, 0.717) is 30.9 Å². The number of aromatic hydroxyl groups is 2. The van der Waals surface area contributed by atoms with Gasteiger partial charge in [-0.15, -0.1) is 0 Å². The van der Waals surface area contributed by atoms with Gasteiger partial charge >= 0.3 is 0 Å². The lowest BCUT2D eigenvalue weighted by Crippen LogP contribution is -2.41. The largest absolute Gasteiger partial charge is 0.504 e. The van der Waals surface area contributed by atoms with Gasteiger partial charge in [0.25, 0.3) is 0 Å². The topological polar surface area (TPSA) is 79.2 Å². The Labute approximate surface area is 151 Å². The molecule has 0 spiro atoms. The molecule has 0 radical (unpaired) electrons. The van der Waals surface area contributed by atoms with Crippen molar-refractivity contribution in [3.05, 3.63) is 34.9 Å². The average Bonchev–Trinajstić information content (AvgIpc) is 2.60. The van der Waals surface area contributed by atoms with Crippen LogP contribution in [0.15, 0.2) is 18.2 Å². The number of methoxy groups -OCH3 is 2. The molecule has 26 heavy (non-hydrogen) atoms. The van der Waals surface area contributed by atoms with Crippen LogP contribution >= 0.6 is 0 Å². The highest BCUT2D eigenvalue weighted by molar-refractivity contribution is 5.86. The van der Waals surface area contributed by atoms with Crippen LogP contribution in [-0.4, -0.2) is 41.8 Å². The molecule has 2 N–H and O–H groups in total. The summed E-state index contributed by atoms with van der Waals surface area (Å²) in [6.45, 7) is 2.18. The number of phenolic OH excluding ortho intramolecular Hbond substituents is 2. The van der Waals surface area contributed by atoms with Crippen LogP contribution in [0.3, 0.4) is 0 Å². The number of phenols is 2. The Morgan fingerprint density at radius 1 is 1.12 bits per heavy atom. The maximum atomic E-state index is 12.2. The Bertz CT molecular complexity index is 921. The number of ether oxygens (including phenoxy) is 2. The number of fused-ring (bicyclic) bond motifs is 2. The molecular weight excluding hydrogens is 334 g/mol. The van der Waals surface area contributed by atoms with E-state index in [1.165, 1.54) is 14.2 Å². The van der Waals surface area contributed by atoms with E-state index in [1.54, 1.807) is 25.1 Å². The maximum absolute atomic E-state index is 12.2. The molecule has 0 saturated heterocycles. The predicted molar refractivity (Wildman–Crippen MR) is 95.8 cm³/mol. The molecule has 4 rings (SSSR count). The molecule has 136 valence electrons. The molecule has 2 aromatic rings. The van der Waals surface area contributed by atoms with E-state index in [4.69, 9.17) is 9.47 Å². The van der Waals surface area contributed by atoms with Crippen molar-refractivity contribution >= 4 is 5.91 Å². The normalized spacial score (nSPS) is 17.3. The van der Waals surface area contributed by atoms with Crippen LogP contribution in [0.4, 0.5) is 0 Å². The summed E-state index contributed by atoms with van der Waals surface area (Å²) in [5.41, 5.74) is 4.56. The van der Waals surface area contributed by atoms with Gasteiger partial charge in [-0.05, 0) is 53.3 Å². The second kappa shape index (κ2) is 5.83. The molecule has 6 heteroatoms. The molecular formula is C20H21NO5. The number of rotatable bonds is 2. The van der Waals surface area contributed by atoms with Crippen LogP contribution in [0.5, 0.6) is 23.0 Å². The van der Waals surface area contributed by atoms with Crippen molar-refractivity contribution < 1.29 is 24.5 Å². The number of amides is 1. The van der Waals surface area contributed by atoms with Crippen molar-refractivity contribution in [1.82, 2.24) is 4.90 Å². The first-order chi connectivity index (χ1) is 12.5. The van der Waals surface area contributed by atoms with E-state index in [1.807, 2.05) is 4.90 Å². The summed E-state index contributed by atoms with van der Waals surface area (Å²) in [6.07, 6.45) is 1.28. The highest BCUT2D eigenvalue weighted by Gasteiger charge is 2.38. The molecule has 0 aromatic heterocycles. The lowest BCUT2D eigenvalue weighted by atomic mass is 9.76. The maximum Gasteiger partial charge on any atom is 0.219 e. The fraction of sp³-hybridized carbons (Fsp3) is 0.350. The van der Waals surface area contributed by atoms with E-state index in [0.717, 1.165) is 27.8 Å². The molecule has 0 fully saturated rings. The van der Waals surface area contributed by atoms with Gasteiger partial charge in [-0.25, -0.2) is 0 Å². The summed E-state index contributed by atoms with van der Waals surface area (Å²) in [4.78, 5) is 14.0. The Balaban J connectivity index is 2.06. The lowest BCUT2D eigenvalue weighted by molar-refractivity contribution is -0.131. The zero-order chi connectivity index (χ0) is 18.6. The summed E-state index contributed by atoms with van der Waals surface area (Å²) < 4.78 is 10.8. The summed E-state index contributed by atoms with van der Waals surface area (Å²) in [7, 11) is 3.02. The Morgan fingerprint density at radius 2 is 1.85 bits per heavy atom. The Kier molecular flexibility index (Phi) is 3.72. The number of carbonyl (C=O) groups excluding carboxylic acids is 1. The molecule has 1 amide bonds. The zero-order valence-corrected chi connectivity index (χ0v) is 15.0. The first-order valence-electron chi connectivity index (χ1n) is 8.56. The molecule has 2 aromatic carbocycles. The number of nitrogens with zero attached hydrogens (tertiary/aromatic N) is 1. The van der Waals surface area contributed by atoms with Crippen molar-refractivity contribution in [2.24, 2.45) is 0 Å². The van der Waals surface area contributed by atoms with Gasteiger partial charge in [-0.2, -0.15) is 0 Å². The van der Waals surface area contributed by atoms with Crippen LogP contribution in [0, 0.1) is 0 Å². The molecule has 1 aliphatic carbocycles. The third-order valence-corrected chi connectivity index (χ3v) is 5.41. The first kappa shape index (κ1) is 16.6. The van der Waals surface area contributed by atoms with Crippen LogP contribution in [0.1, 0.15) is 29.7 Å². The number of hydrogen-bond acceptors (Lipinski definition) is 5. The molecule has 1 atom stereocenters. The molecule has 0 saturated carbocycles. The van der Waals surface area contributed by atoms with Gasteiger partial charge in [-0.1, -0.05) is 0 Å². The summed E-state index contributed by atoms with van der Waals surface area (Å²) in [5, 5.41) is 20.7. The average molecular weight is 355 g/mol. The smallest absolute Gasteiger partial charge is 0.219 e. The lowest BCUT2D eigenvalue weighted by Gasteiger charge is -2.41. The summed E-state index contributed by atoms with van der Waals surface area (Å²) in [6, 6.07) is 5.05. The van der Waals surface area contributed by atoms with Crippen LogP contribution in [-0.2, 0) is 17.6 Å². The van der Waals surface area contributed by atoms with Crippen LogP contribution in [0.25, 0.3) is 11.1 Å². The van der Waals surface area contributed by atoms with Crippen molar-refractivity contribution in [2.45, 2.75) is 25.8 Å². The van der Waals surface area contributed by atoms with Gasteiger partial charge in [-0.3, -0.25) is 4.79 Å². The van der Waals surface area contributed by atoms with Gasteiger partial charge in [0.1, 0.15) is 0 Å².